The van der Waals surface area contributed by atoms with Gasteiger partial charge in [-0.05, 0) is 61.4 Å². The lowest BCUT2D eigenvalue weighted by atomic mass is 10.1. The first-order chi connectivity index (χ1) is 35.6. The van der Waals surface area contributed by atoms with E-state index in [1.54, 1.807) is 36.7 Å². The van der Waals surface area contributed by atoms with E-state index >= 15 is 0 Å². The van der Waals surface area contributed by atoms with Crippen molar-refractivity contribution in [2.24, 2.45) is 0 Å². The lowest BCUT2D eigenvalue weighted by Crippen LogP contribution is -2.48. The molecule has 4 bridgehead atoms. The minimum Gasteiger partial charge on any atom is -0.368 e. The van der Waals surface area contributed by atoms with Crippen molar-refractivity contribution in [2.45, 2.75) is 37.3 Å². The molecule has 0 spiro atoms. The van der Waals surface area contributed by atoms with Crippen molar-refractivity contribution in [1.29, 1.82) is 0 Å². The number of aromatic nitrogens is 6. The van der Waals surface area contributed by atoms with Gasteiger partial charge in [0.05, 0.1) is 61.4 Å². The number of carbonyl (C=O) groups excluding carboxylic acids is 1. The highest BCUT2D eigenvalue weighted by Gasteiger charge is 2.41. The molecule has 376 valence electrons. The van der Waals surface area contributed by atoms with Gasteiger partial charge in [-0.3, -0.25) is 10.2 Å². The van der Waals surface area contributed by atoms with Crippen molar-refractivity contribution in [3.05, 3.63) is 167 Å². The number of anilines is 6. The van der Waals surface area contributed by atoms with Gasteiger partial charge < -0.3 is 20.9 Å². The molecule has 12 rings (SSSR count). The molecule has 74 heavy (non-hydrogen) atoms. The third-order valence-electron chi connectivity index (χ3n) is 12.7. The number of hydrogen-bond donors (Lipinski definition) is 3. The summed E-state index contributed by atoms with van der Waals surface area (Å²) in [5, 5.41) is 6.67. The number of alkyl halides is 6. The zero-order chi connectivity index (χ0) is 51.7. The molecule has 0 aliphatic carbocycles. The van der Waals surface area contributed by atoms with E-state index in [2.05, 4.69) is 50.3 Å². The Bertz CT molecular complexity index is 3350. The zero-order valence-electron chi connectivity index (χ0n) is 38.8. The maximum Gasteiger partial charge on any atom is 0.416 e. The van der Waals surface area contributed by atoms with Crippen molar-refractivity contribution in [3.63, 3.8) is 0 Å². The maximum atomic E-state index is 13.6. The average molecular weight is 1050 g/mol. The van der Waals surface area contributed by atoms with Gasteiger partial charge in [0.2, 0.25) is 11.9 Å². The summed E-state index contributed by atoms with van der Waals surface area (Å²) in [6, 6.07) is 36.0. The molecule has 2 atom stereocenters. The summed E-state index contributed by atoms with van der Waals surface area (Å²) in [7, 11) is 0. The Labute approximate surface area is 430 Å². The number of hydrogen-bond acceptors (Lipinski definition) is 11. The molecule has 0 radical (unpaired) electrons. The van der Waals surface area contributed by atoms with Crippen LogP contribution in [0, 0.1) is 0 Å². The second-order valence-corrected chi connectivity index (χ2v) is 18.4. The molecule has 2 amide bonds. The number of pyridine rings is 2. The van der Waals surface area contributed by atoms with Crippen molar-refractivity contribution < 1.29 is 31.1 Å². The lowest BCUT2D eigenvalue weighted by molar-refractivity contribution is -0.138. The van der Waals surface area contributed by atoms with Crippen LogP contribution < -0.4 is 31.1 Å². The largest absolute Gasteiger partial charge is 0.416 e. The number of nitrogen functional groups attached to an aromatic ring is 1. The summed E-state index contributed by atoms with van der Waals surface area (Å²) >= 11 is 12.8. The van der Waals surface area contributed by atoms with Gasteiger partial charge in [-0.1, -0.05) is 108 Å². The smallest absolute Gasteiger partial charge is 0.368 e. The highest BCUT2D eigenvalue weighted by Crippen LogP contribution is 2.45. The van der Waals surface area contributed by atoms with Gasteiger partial charge in [0.1, 0.15) is 0 Å². The number of rotatable bonds is 5. The molecule has 4 aliphatic rings. The van der Waals surface area contributed by atoms with E-state index in [-0.39, 0.29) is 28.3 Å². The number of nitrogens with zero attached hydrogens (tertiary/aromatic N) is 9. The van der Waals surface area contributed by atoms with Crippen molar-refractivity contribution >= 4 is 64.1 Å². The number of fused-ring (bicyclic) bond motifs is 8. The van der Waals surface area contributed by atoms with Crippen LogP contribution in [-0.2, 0) is 12.4 Å². The van der Waals surface area contributed by atoms with Crippen LogP contribution in [0.3, 0.4) is 0 Å². The predicted molar refractivity (Wildman–Crippen MR) is 275 cm³/mol. The molecule has 21 heteroatoms. The van der Waals surface area contributed by atoms with E-state index in [0.29, 0.717) is 70.8 Å². The van der Waals surface area contributed by atoms with Crippen LogP contribution in [0.25, 0.3) is 45.0 Å². The predicted octanol–water partition coefficient (Wildman–Crippen LogP) is 12.7. The fourth-order valence-electron chi connectivity index (χ4n) is 9.18. The quantitative estimate of drug-likeness (QED) is 0.141. The zero-order valence-corrected chi connectivity index (χ0v) is 40.3. The van der Waals surface area contributed by atoms with Gasteiger partial charge in [0.15, 0.2) is 11.6 Å². The standard InChI is InChI=1S/C27H20ClF3N6O.C16H13ClF3N3.C10H9N3/c28-20-14-22-24(34-23(20)17-7-4-8-18(13-17)27(29,30)31)37(19-10-12-36(22)15-19)26(38)35-25-32-11-9-21(33-25)16-5-2-1-3-6-16;17-12-7-13-15(21-11-4-5-23(13)8-11)22-14(12)9-2-1-3-10(6-9)16(18,19)20;11-10-12-7-6-9(13-10)8-4-2-1-3-5-8/h1-9,11,13-14,19H,10,12,15H2,(H,32,33,35,38);1-3,6-7,11H,4-5,8H2,(H,21,22);1-7H,(H2,11,12,13)/t19-;11-;/m00./s1. The first kappa shape index (κ1) is 49.5. The molecule has 2 saturated heterocycles. The normalized spacial score (nSPS) is 16.2. The molecule has 4 aromatic carbocycles. The Balaban J connectivity index is 0.000000146. The third-order valence-corrected chi connectivity index (χ3v) is 13.3. The molecule has 0 unspecified atom stereocenters. The van der Waals surface area contributed by atoms with Crippen molar-refractivity contribution in [1.82, 2.24) is 29.9 Å². The van der Waals surface area contributed by atoms with E-state index in [0.717, 1.165) is 66.3 Å². The average Bonchev–Trinajstić information content (AvgIpc) is 4.01. The second-order valence-electron chi connectivity index (χ2n) is 17.6. The summed E-state index contributed by atoms with van der Waals surface area (Å²) in [6.07, 6.45) is -3.96. The summed E-state index contributed by atoms with van der Waals surface area (Å²) in [5.41, 5.74) is 10.1. The molecular formula is C53H42Cl2F6N12O. The van der Waals surface area contributed by atoms with E-state index < -0.39 is 29.5 Å². The third kappa shape index (κ3) is 10.7. The number of nitrogens with one attached hydrogen (secondary N) is 2. The molecule has 8 heterocycles. The molecular weight excluding hydrogens is 1010 g/mol. The van der Waals surface area contributed by atoms with Crippen molar-refractivity contribution in [3.8, 4) is 45.0 Å². The fraction of sp³-hybridized carbons (Fsp3) is 0.189. The van der Waals surface area contributed by atoms with Crippen LogP contribution in [0.5, 0.6) is 0 Å². The monoisotopic (exact) mass is 1050 g/mol. The van der Waals surface area contributed by atoms with E-state index in [9.17, 15) is 31.1 Å². The Morgan fingerprint density at radius 2 is 1.15 bits per heavy atom. The van der Waals surface area contributed by atoms with E-state index in [1.807, 2.05) is 66.7 Å². The molecule has 4 N–H and O–H groups in total. The number of urea groups is 1. The minimum absolute atomic E-state index is 0.130. The van der Waals surface area contributed by atoms with Gasteiger partial charge in [-0.2, -0.15) is 26.3 Å². The second kappa shape index (κ2) is 20.5. The minimum atomic E-state index is -4.51. The lowest BCUT2D eigenvalue weighted by Gasteiger charge is -2.36. The molecule has 4 aliphatic heterocycles. The molecule has 8 aromatic rings. The maximum absolute atomic E-state index is 13.6. The highest BCUT2D eigenvalue weighted by atomic mass is 35.5. The van der Waals surface area contributed by atoms with Crippen LogP contribution in [-0.4, -0.2) is 74.2 Å². The highest BCUT2D eigenvalue weighted by molar-refractivity contribution is 6.34. The van der Waals surface area contributed by atoms with E-state index in [1.165, 1.54) is 23.1 Å². The summed E-state index contributed by atoms with van der Waals surface area (Å²) in [5.74, 6) is 1.45. The fourth-order valence-corrected chi connectivity index (χ4v) is 9.69. The topological polar surface area (TPSA) is 154 Å². The van der Waals surface area contributed by atoms with Crippen LogP contribution in [0.4, 0.5) is 66.0 Å². The first-order valence-corrected chi connectivity index (χ1v) is 24.0. The van der Waals surface area contributed by atoms with Crippen LogP contribution in [0.2, 0.25) is 10.0 Å². The van der Waals surface area contributed by atoms with E-state index in [4.69, 9.17) is 28.9 Å². The Morgan fingerprint density at radius 3 is 1.76 bits per heavy atom. The Hall–Kier alpha value is -8.03. The first-order valence-electron chi connectivity index (χ1n) is 23.2. The van der Waals surface area contributed by atoms with Crippen LogP contribution in [0.15, 0.2) is 146 Å². The molecule has 0 saturated carbocycles. The molecule has 2 fully saturated rings. The van der Waals surface area contributed by atoms with Crippen LogP contribution >= 0.6 is 23.2 Å². The van der Waals surface area contributed by atoms with Crippen LogP contribution in [0.1, 0.15) is 24.0 Å². The number of carbonyl (C=O) groups is 1. The molecule has 13 nitrogen and oxygen atoms in total. The van der Waals surface area contributed by atoms with Crippen molar-refractivity contribution in [2.75, 3.05) is 57.2 Å². The van der Waals surface area contributed by atoms with Gasteiger partial charge >= 0.3 is 18.4 Å². The molecule has 4 aromatic heterocycles. The number of halogens is 8. The number of nitrogens with two attached hydrogens (primary N) is 1. The number of benzene rings is 4. The van der Waals surface area contributed by atoms with Gasteiger partial charge in [-0.15, -0.1) is 0 Å². The van der Waals surface area contributed by atoms with Gasteiger partial charge in [0, 0.05) is 66.9 Å². The summed E-state index contributed by atoms with van der Waals surface area (Å²) in [4.78, 5) is 45.1. The van der Waals surface area contributed by atoms with Gasteiger partial charge in [-0.25, -0.2) is 34.7 Å². The van der Waals surface area contributed by atoms with Gasteiger partial charge in [0.25, 0.3) is 0 Å². The Kier molecular flexibility index (Phi) is 13.7. The summed E-state index contributed by atoms with van der Waals surface area (Å²) < 4.78 is 78.7. The Morgan fingerprint density at radius 1 is 0.608 bits per heavy atom. The number of amides is 2. The SMILES string of the molecule is FC(F)(F)c1cccc(-c2nc3c(cc2Cl)N2CC[C@@H](C2)N3)c1.Nc1nccc(-c2ccccc2)n1.O=C(Nc1nccc(-c2ccccc2)n1)N1c2nc(-c3cccc(C(F)(F)F)c3)c(Cl)cc2N2CC[C@H]1C2. The summed E-state index contributed by atoms with van der Waals surface area (Å²) in [6.45, 7) is 3.13.